The van der Waals surface area contributed by atoms with Gasteiger partial charge in [0.15, 0.2) is 5.13 Å². The summed E-state index contributed by atoms with van der Waals surface area (Å²) in [6, 6.07) is 0.224. The highest BCUT2D eigenvalue weighted by atomic mass is 32.1. The Hall–Kier alpha value is -0.650. The lowest BCUT2D eigenvalue weighted by Crippen LogP contribution is -2.31. The fourth-order valence-corrected chi connectivity index (χ4v) is 4.13. The number of hydrogen-bond donors (Lipinski definition) is 1. The Labute approximate surface area is 119 Å². The first-order valence-electron chi connectivity index (χ1n) is 7.43. The maximum atomic E-state index is 6.18. The zero-order chi connectivity index (χ0) is 13.2. The molecule has 1 saturated heterocycles. The lowest BCUT2D eigenvalue weighted by atomic mass is 9.99. The van der Waals surface area contributed by atoms with Gasteiger partial charge < -0.3 is 15.5 Å². The third kappa shape index (κ3) is 2.93. The van der Waals surface area contributed by atoms with Gasteiger partial charge >= 0.3 is 0 Å². The third-order valence-corrected chi connectivity index (χ3v) is 5.60. The first-order valence-corrected chi connectivity index (χ1v) is 8.24. The van der Waals surface area contributed by atoms with Crippen molar-refractivity contribution in [2.75, 3.05) is 38.1 Å². The predicted molar refractivity (Wildman–Crippen MR) is 80.9 cm³/mol. The van der Waals surface area contributed by atoms with Crippen molar-refractivity contribution in [2.24, 2.45) is 5.73 Å². The molecule has 2 aliphatic rings. The van der Waals surface area contributed by atoms with Crippen LogP contribution in [0, 0.1) is 0 Å². The SMILES string of the molecule is CN(CCN1CCCC1)c1nc2c(s1)C(N)CCC2. The van der Waals surface area contributed by atoms with Crippen LogP contribution in [0.2, 0.25) is 0 Å². The number of aromatic nitrogens is 1. The third-order valence-electron chi connectivity index (χ3n) is 4.26. The van der Waals surface area contributed by atoms with Gasteiger partial charge in [-0.05, 0) is 45.2 Å². The first-order chi connectivity index (χ1) is 9.24. The molecule has 2 N–H and O–H groups in total. The fraction of sp³-hybridized carbons (Fsp3) is 0.786. The number of thiazole rings is 1. The van der Waals surface area contributed by atoms with E-state index in [2.05, 4.69) is 16.8 Å². The average molecular weight is 280 g/mol. The standard InChI is InChI=1S/C14H24N4S/c1-17(9-10-18-7-2-3-8-18)14-16-12-6-4-5-11(15)13(12)19-14/h11H,2-10,15H2,1H3. The van der Waals surface area contributed by atoms with Crippen LogP contribution in [0.15, 0.2) is 0 Å². The normalized spacial score (nSPS) is 23.6. The molecule has 2 heterocycles. The highest BCUT2D eigenvalue weighted by Gasteiger charge is 2.23. The molecule has 106 valence electrons. The van der Waals surface area contributed by atoms with E-state index in [1.165, 1.54) is 42.9 Å². The van der Waals surface area contributed by atoms with Gasteiger partial charge in [-0.3, -0.25) is 0 Å². The molecular weight excluding hydrogens is 256 g/mol. The number of fused-ring (bicyclic) bond motifs is 1. The van der Waals surface area contributed by atoms with E-state index >= 15 is 0 Å². The molecule has 19 heavy (non-hydrogen) atoms. The molecule has 0 saturated carbocycles. The minimum atomic E-state index is 0.224. The number of hydrogen-bond acceptors (Lipinski definition) is 5. The van der Waals surface area contributed by atoms with Crippen molar-refractivity contribution >= 4 is 16.5 Å². The van der Waals surface area contributed by atoms with Crippen LogP contribution in [-0.2, 0) is 6.42 Å². The van der Waals surface area contributed by atoms with E-state index in [1.807, 2.05) is 0 Å². The lowest BCUT2D eigenvalue weighted by molar-refractivity contribution is 0.346. The monoisotopic (exact) mass is 280 g/mol. The molecule has 0 aromatic carbocycles. The zero-order valence-corrected chi connectivity index (χ0v) is 12.6. The molecule has 1 fully saturated rings. The molecule has 0 spiro atoms. The fourth-order valence-electron chi connectivity index (χ4n) is 3.00. The summed E-state index contributed by atoms with van der Waals surface area (Å²) in [6.07, 6.45) is 6.15. The van der Waals surface area contributed by atoms with Crippen molar-refractivity contribution in [3.8, 4) is 0 Å². The Morgan fingerprint density at radius 2 is 2.16 bits per heavy atom. The van der Waals surface area contributed by atoms with Crippen molar-refractivity contribution in [2.45, 2.75) is 38.1 Å². The van der Waals surface area contributed by atoms with Crippen LogP contribution in [0.3, 0.4) is 0 Å². The lowest BCUT2D eigenvalue weighted by Gasteiger charge is -2.20. The largest absolute Gasteiger partial charge is 0.350 e. The number of nitrogens with two attached hydrogens (primary N) is 1. The summed E-state index contributed by atoms with van der Waals surface area (Å²) < 4.78 is 0. The minimum absolute atomic E-state index is 0.224. The smallest absolute Gasteiger partial charge is 0.185 e. The summed E-state index contributed by atoms with van der Waals surface area (Å²) in [5.41, 5.74) is 7.43. The van der Waals surface area contributed by atoms with E-state index in [4.69, 9.17) is 10.7 Å². The maximum absolute atomic E-state index is 6.18. The van der Waals surface area contributed by atoms with Gasteiger partial charge in [0.05, 0.1) is 5.69 Å². The van der Waals surface area contributed by atoms with E-state index in [9.17, 15) is 0 Å². The van der Waals surface area contributed by atoms with Gasteiger partial charge in [0.25, 0.3) is 0 Å². The highest BCUT2D eigenvalue weighted by Crippen LogP contribution is 2.35. The van der Waals surface area contributed by atoms with Gasteiger partial charge in [0.1, 0.15) is 0 Å². The van der Waals surface area contributed by atoms with Gasteiger partial charge in [-0.15, -0.1) is 11.3 Å². The van der Waals surface area contributed by atoms with Crippen LogP contribution in [-0.4, -0.2) is 43.1 Å². The van der Waals surface area contributed by atoms with E-state index in [-0.39, 0.29) is 6.04 Å². The minimum Gasteiger partial charge on any atom is -0.350 e. The second-order valence-electron chi connectivity index (χ2n) is 5.78. The number of rotatable bonds is 4. The Balaban J connectivity index is 1.61. The van der Waals surface area contributed by atoms with Crippen molar-refractivity contribution in [3.05, 3.63) is 10.6 Å². The van der Waals surface area contributed by atoms with Crippen molar-refractivity contribution in [3.63, 3.8) is 0 Å². The molecule has 3 rings (SSSR count). The number of aryl methyl sites for hydroxylation is 1. The molecule has 1 aliphatic heterocycles. The van der Waals surface area contributed by atoms with Gasteiger partial charge in [0.2, 0.25) is 0 Å². The Morgan fingerprint density at radius 1 is 1.37 bits per heavy atom. The van der Waals surface area contributed by atoms with Crippen molar-refractivity contribution in [1.82, 2.24) is 9.88 Å². The highest BCUT2D eigenvalue weighted by molar-refractivity contribution is 7.15. The number of anilines is 1. The molecule has 1 aliphatic carbocycles. The summed E-state index contributed by atoms with van der Waals surface area (Å²) in [4.78, 5) is 11.0. The number of nitrogens with zero attached hydrogens (tertiary/aromatic N) is 3. The predicted octanol–water partition coefficient (Wildman–Crippen LogP) is 2.01. The zero-order valence-electron chi connectivity index (χ0n) is 11.8. The summed E-state index contributed by atoms with van der Waals surface area (Å²) in [7, 11) is 2.16. The van der Waals surface area contributed by atoms with E-state index in [0.29, 0.717) is 0 Å². The molecule has 4 nitrogen and oxygen atoms in total. The van der Waals surface area contributed by atoms with Crippen molar-refractivity contribution < 1.29 is 0 Å². The van der Waals surface area contributed by atoms with Gasteiger partial charge in [-0.1, -0.05) is 0 Å². The van der Waals surface area contributed by atoms with Crippen LogP contribution >= 0.6 is 11.3 Å². The Morgan fingerprint density at radius 3 is 2.89 bits per heavy atom. The molecule has 5 heteroatoms. The molecular formula is C14H24N4S. The summed E-state index contributed by atoms with van der Waals surface area (Å²) in [6.45, 7) is 4.77. The topological polar surface area (TPSA) is 45.4 Å². The first kappa shape index (κ1) is 13.3. The summed E-state index contributed by atoms with van der Waals surface area (Å²) in [5, 5.41) is 1.15. The Kier molecular flexibility index (Phi) is 4.05. The molecule has 1 unspecified atom stereocenters. The Bertz CT molecular complexity index is 425. The average Bonchev–Trinajstić information content (AvgIpc) is 3.05. The second kappa shape index (κ2) is 5.77. The quantitative estimate of drug-likeness (QED) is 0.916. The van der Waals surface area contributed by atoms with Crippen LogP contribution in [0.5, 0.6) is 0 Å². The second-order valence-corrected chi connectivity index (χ2v) is 6.79. The van der Waals surface area contributed by atoms with Crippen molar-refractivity contribution in [1.29, 1.82) is 0 Å². The number of likely N-dealkylation sites (N-methyl/N-ethyl adjacent to an activating group) is 1. The van der Waals surface area contributed by atoms with Crippen LogP contribution in [0.4, 0.5) is 5.13 Å². The molecule has 1 aromatic rings. The van der Waals surface area contributed by atoms with Gasteiger partial charge in [0, 0.05) is 31.1 Å². The van der Waals surface area contributed by atoms with Crippen LogP contribution < -0.4 is 10.6 Å². The molecule has 0 amide bonds. The van der Waals surface area contributed by atoms with Crippen LogP contribution in [0.25, 0.3) is 0 Å². The van der Waals surface area contributed by atoms with E-state index in [0.717, 1.165) is 31.1 Å². The van der Waals surface area contributed by atoms with Crippen LogP contribution in [0.1, 0.15) is 42.3 Å². The summed E-state index contributed by atoms with van der Waals surface area (Å²) >= 11 is 1.81. The molecule has 0 bridgehead atoms. The summed E-state index contributed by atoms with van der Waals surface area (Å²) in [5.74, 6) is 0. The van der Waals surface area contributed by atoms with Gasteiger partial charge in [-0.25, -0.2) is 4.98 Å². The number of likely N-dealkylation sites (tertiary alicyclic amines) is 1. The molecule has 1 atom stereocenters. The maximum Gasteiger partial charge on any atom is 0.185 e. The van der Waals surface area contributed by atoms with E-state index in [1.54, 1.807) is 11.3 Å². The molecule has 0 radical (unpaired) electrons. The van der Waals surface area contributed by atoms with E-state index < -0.39 is 0 Å². The molecule has 1 aromatic heterocycles. The van der Waals surface area contributed by atoms with Gasteiger partial charge in [-0.2, -0.15) is 0 Å².